The van der Waals surface area contributed by atoms with Crippen molar-refractivity contribution in [3.8, 4) is 11.5 Å². The van der Waals surface area contributed by atoms with E-state index in [0.717, 1.165) is 5.69 Å². The van der Waals surface area contributed by atoms with Crippen LogP contribution >= 0.6 is 0 Å². The summed E-state index contributed by atoms with van der Waals surface area (Å²) >= 11 is 0. The largest absolute Gasteiger partial charge is 0.494 e. The van der Waals surface area contributed by atoms with Gasteiger partial charge in [-0.3, -0.25) is 9.78 Å². The molecule has 1 heterocycles. The van der Waals surface area contributed by atoms with Crippen LogP contribution in [0.25, 0.3) is 0 Å². The summed E-state index contributed by atoms with van der Waals surface area (Å²) in [5, 5.41) is 11.4. The number of aromatic nitrogens is 1. The van der Waals surface area contributed by atoms with Crippen LogP contribution in [0.15, 0.2) is 71.0 Å². The van der Waals surface area contributed by atoms with E-state index < -0.39 is 0 Å². The van der Waals surface area contributed by atoms with E-state index in [0.29, 0.717) is 34.3 Å². The lowest BCUT2D eigenvalue weighted by Gasteiger charge is -2.13. The predicted octanol–water partition coefficient (Wildman–Crippen LogP) is 4.83. The number of hydrogen-bond acceptors (Lipinski definition) is 7. The number of carbonyl (C=O) groups is 1. The number of nitrogens with one attached hydrogen (secondary N) is 1. The zero-order valence-electron chi connectivity index (χ0n) is 17.3. The Morgan fingerprint density at radius 3 is 2.17 bits per heavy atom. The third-order valence-corrected chi connectivity index (χ3v) is 4.27. The Hall–Kier alpha value is -3.94. The van der Waals surface area contributed by atoms with Crippen LogP contribution in [-0.4, -0.2) is 39.2 Å². The zero-order valence-corrected chi connectivity index (χ0v) is 17.3. The molecule has 0 bridgehead atoms. The quantitative estimate of drug-likeness (QED) is 0.569. The number of anilines is 2. The summed E-state index contributed by atoms with van der Waals surface area (Å²) in [4.78, 5) is 18.4. The van der Waals surface area contributed by atoms with Gasteiger partial charge in [0.1, 0.15) is 5.69 Å². The van der Waals surface area contributed by atoms with Gasteiger partial charge in [-0.25, -0.2) is 0 Å². The van der Waals surface area contributed by atoms with Crippen LogP contribution in [0.2, 0.25) is 0 Å². The minimum Gasteiger partial charge on any atom is -0.494 e. The Kier molecular flexibility index (Phi) is 6.59. The van der Waals surface area contributed by atoms with E-state index in [1.165, 1.54) is 14.2 Å². The lowest BCUT2D eigenvalue weighted by molar-refractivity contribution is 0.102. The number of carbonyl (C=O) groups excluding carboxylic acids is 1. The molecule has 1 amide bonds. The zero-order chi connectivity index (χ0) is 21.5. The molecular weight excluding hydrogens is 382 g/mol. The number of amides is 1. The monoisotopic (exact) mass is 405 g/mol. The molecule has 0 aliphatic heterocycles. The van der Waals surface area contributed by atoms with Crippen molar-refractivity contribution in [3.05, 3.63) is 66.5 Å². The molecule has 0 aliphatic carbocycles. The number of azo groups is 1. The maximum Gasteiger partial charge on any atom is 0.274 e. The molecule has 0 spiro atoms. The van der Waals surface area contributed by atoms with Gasteiger partial charge in [-0.15, -0.1) is 5.11 Å². The maximum atomic E-state index is 12.4. The molecule has 0 saturated carbocycles. The molecule has 8 heteroatoms. The number of benzene rings is 2. The third-order valence-electron chi connectivity index (χ3n) is 4.27. The van der Waals surface area contributed by atoms with Crippen molar-refractivity contribution in [2.24, 2.45) is 10.2 Å². The van der Waals surface area contributed by atoms with Gasteiger partial charge >= 0.3 is 0 Å². The number of ether oxygens (including phenoxy) is 2. The average molecular weight is 405 g/mol. The Bertz CT molecular complexity index is 1010. The molecule has 0 radical (unpaired) electrons. The minimum absolute atomic E-state index is 0.306. The van der Waals surface area contributed by atoms with Gasteiger partial charge < -0.3 is 19.7 Å². The van der Waals surface area contributed by atoms with E-state index in [4.69, 9.17) is 9.47 Å². The number of methoxy groups -OCH3 is 2. The first-order chi connectivity index (χ1) is 14.5. The Labute approximate surface area is 175 Å². The summed E-state index contributed by atoms with van der Waals surface area (Å²) in [6.07, 6.45) is 1.56. The normalized spacial score (nSPS) is 10.7. The molecule has 0 fully saturated rings. The average Bonchev–Trinajstić information content (AvgIpc) is 2.78. The van der Waals surface area contributed by atoms with Crippen molar-refractivity contribution in [1.82, 2.24) is 4.98 Å². The Morgan fingerprint density at radius 1 is 0.967 bits per heavy atom. The molecule has 1 N–H and O–H groups in total. The van der Waals surface area contributed by atoms with E-state index in [-0.39, 0.29) is 5.91 Å². The second kappa shape index (κ2) is 9.51. The summed E-state index contributed by atoms with van der Waals surface area (Å²) < 4.78 is 10.9. The SMILES string of the molecule is COc1cc(NC(=O)c2ccccn2)cc(OC)c1/N=N/c1ccc(N(C)C)cc1. The lowest BCUT2D eigenvalue weighted by Crippen LogP contribution is -2.13. The van der Waals surface area contributed by atoms with Gasteiger partial charge in [0.15, 0.2) is 17.2 Å². The molecule has 0 atom stereocenters. The molecule has 2 aromatic carbocycles. The molecule has 0 aliphatic rings. The van der Waals surface area contributed by atoms with Crippen LogP contribution in [0, 0.1) is 0 Å². The fourth-order valence-corrected chi connectivity index (χ4v) is 2.68. The molecule has 0 unspecified atom stereocenters. The number of rotatable bonds is 7. The van der Waals surface area contributed by atoms with Gasteiger partial charge in [-0.1, -0.05) is 6.07 Å². The second-order valence-corrected chi connectivity index (χ2v) is 6.51. The van der Waals surface area contributed by atoms with Crippen molar-refractivity contribution in [3.63, 3.8) is 0 Å². The van der Waals surface area contributed by atoms with Crippen molar-refractivity contribution in [2.75, 3.05) is 38.5 Å². The van der Waals surface area contributed by atoms with Crippen molar-refractivity contribution < 1.29 is 14.3 Å². The lowest BCUT2D eigenvalue weighted by atomic mass is 10.2. The van der Waals surface area contributed by atoms with Crippen LogP contribution in [0.3, 0.4) is 0 Å². The Morgan fingerprint density at radius 2 is 1.63 bits per heavy atom. The minimum atomic E-state index is -0.338. The molecule has 3 rings (SSSR count). The summed E-state index contributed by atoms with van der Waals surface area (Å²) in [5.74, 6) is 0.494. The fourth-order valence-electron chi connectivity index (χ4n) is 2.68. The first kappa shape index (κ1) is 20.8. The van der Waals surface area contributed by atoms with Crippen LogP contribution in [0.5, 0.6) is 11.5 Å². The maximum absolute atomic E-state index is 12.4. The number of pyridine rings is 1. The van der Waals surface area contributed by atoms with Gasteiger partial charge in [0.05, 0.1) is 19.9 Å². The summed E-state index contributed by atoms with van der Waals surface area (Å²) in [6.45, 7) is 0. The van der Waals surface area contributed by atoms with E-state index >= 15 is 0 Å². The smallest absolute Gasteiger partial charge is 0.274 e. The fraction of sp³-hybridized carbons (Fsp3) is 0.182. The number of nitrogens with zero attached hydrogens (tertiary/aromatic N) is 4. The van der Waals surface area contributed by atoms with Crippen LogP contribution in [0.1, 0.15) is 10.5 Å². The highest BCUT2D eigenvalue weighted by atomic mass is 16.5. The first-order valence-corrected chi connectivity index (χ1v) is 9.19. The van der Waals surface area contributed by atoms with Gasteiger partial charge in [-0.2, -0.15) is 5.11 Å². The second-order valence-electron chi connectivity index (χ2n) is 6.51. The topological polar surface area (TPSA) is 88.4 Å². The number of hydrogen-bond donors (Lipinski definition) is 1. The third kappa shape index (κ3) is 4.91. The molecule has 30 heavy (non-hydrogen) atoms. The van der Waals surface area contributed by atoms with E-state index in [9.17, 15) is 4.79 Å². The highest BCUT2D eigenvalue weighted by Crippen LogP contribution is 2.41. The summed E-state index contributed by atoms with van der Waals surface area (Å²) in [7, 11) is 6.98. The molecule has 8 nitrogen and oxygen atoms in total. The standard InChI is InChI=1S/C22H23N5O3/c1-27(2)17-10-8-15(9-11-17)25-26-21-19(29-3)13-16(14-20(21)30-4)24-22(28)18-7-5-6-12-23-18/h5-14H,1-4H3,(H,24,28)/b26-25+. The predicted molar refractivity (Wildman–Crippen MR) is 117 cm³/mol. The van der Waals surface area contributed by atoms with Gasteiger partial charge in [0.2, 0.25) is 0 Å². The van der Waals surface area contributed by atoms with Crippen molar-refractivity contribution in [2.45, 2.75) is 0 Å². The van der Waals surface area contributed by atoms with Gasteiger partial charge in [-0.05, 0) is 36.4 Å². The van der Waals surface area contributed by atoms with E-state index in [1.54, 1.807) is 36.5 Å². The highest BCUT2D eigenvalue weighted by molar-refractivity contribution is 6.03. The molecular formula is C22H23N5O3. The van der Waals surface area contributed by atoms with E-state index in [2.05, 4.69) is 20.5 Å². The van der Waals surface area contributed by atoms with Crippen LogP contribution in [0.4, 0.5) is 22.7 Å². The molecule has 154 valence electrons. The van der Waals surface area contributed by atoms with Crippen molar-refractivity contribution >= 4 is 28.7 Å². The summed E-state index contributed by atoms with van der Waals surface area (Å²) in [6, 6.07) is 16.1. The van der Waals surface area contributed by atoms with E-state index in [1.807, 2.05) is 43.3 Å². The molecule has 3 aromatic rings. The van der Waals surface area contributed by atoms with Gasteiger partial charge in [0.25, 0.3) is 5.91 Å². The Balaban J connectivity index is 1.87. The first-order valence-electron chi connectivity index (χ1n) is 9.19. The van der Waals surface area contributed by atoms with Gasteiger partial charge in [0, 0.05) is 43.8 Å². The van der Waals surface area contributed by atoms with Crippen LogP contribution < -0.4 is 19.7 Å². The highest BCUT2D eigenvalue weighted by Gasteiger charge is 2.15. The summed E-state index contributed by atoms with van der Waals surface area (Å²) in [5.41, 5.74) is 2.98. The van der Waals surface area contributed by atoms with Crippen molar-refractivity contribution in [1.29, 1.82) is 0 Å². The van der Waals surface area contributed by atoms with Crippen LogP contribution in [-0.2, 0) is 0 Å². The molecule has 1 aromatic heterocycles. The molecule has 0 saturated heterocycles.